The third-order valence-corrected chi connectivity index (χ3v) is 4.15. The van der Waals surface area contributed by atoms with Crippen molar-refractivity contribution >= 4 is 5.91 Å². The Labute approximate surface area is 113 Å². The van der Waals surface area contributed by atoms with Gasteiger partial charge in [0.05, 0.1) is 18.3 Å². The lowest BCUT2D eigenvalue weighted by atomic mass is 10.1. The molecule has 1 N–H and O–H groups in total. The van der Waals surface area contributed by atoms with E-state index in [1.54, 1.807) is 0 Å². The summed E-state index contributed by atoms with van der Waals surface area (Å²) in [5.74, 6) is 0.168. The standard InChI is InChI=1S/C15H20N2O2/c1-10-13(8-9-19-10)17-11(2)16-14(15(17)18)12-6-4-3-5-7-12/h3-7,10-11,13-14,16H,8-9H2,1-2H3. The van der Waals surface area contributed by atoms with Gasteiger partial charge in [-0.1, -0.05) is 30.3 Å². The number of ether oxygens (including phenoxy) is 1. The Hall–Kier alpha value is -1.39. The van der Waals surface area contributed by atoms with E-state index in [0.717, 1.165) is 18.6 Å². The van der Waals surface area contributed by atoms with E-state index in [1.807, 2.05) is 49.1 Å². The van der Waals surface area contributed by atoms with Gasteiger partial charge in [0.1, 0.15) is 6.04 Å². The topological polar surface area (TPSA) is 41.6 Å². The first kappa shape index (κ1) is 12.6. The van der Waals surface area contributed by atoms with E-state index in [2.05, 4.69) is 5.32 Å². The van der Waals surface area contributed by atoms with E-state index in [1.165, 1.54) is 0 Å². The third kappa shape index (κ3) is 2.15. The Morgan fingerprint density at radius 2 is 2.00 bits per heavy atom. The molecule has 0 bridgehead atoms. The van der Waals surface area contributed by atoms with Crippen LogP contribution in [0.3, 0.4) is 0 Å². The van der Waals surface area contributed by atoms with Crippen LogP contribution in [0.5, 0.6) is 0 Å². The highest BCUT2D eigenvalue weighted by Crippen LogP contribution is 2.30. The van der Waals surface area contributed by atoms with Crippen LogP contribution in [-0.2, 0) is 9.53 Å². The molecule has 2 saturated heterocycles. The number of benzene rings is 1. The van der Waals surface area contributed by atoms with Gasteiger partial charge in [0.15, 0.2) is 0 Å². The van der Waals surface area contributed by atoms with Crippen LogP contribution in [0.15, 0.2) is 30.3 Å². The lowest BCUT2D eigenvalue weighted by Crippen LogP contribution is -2.46. The highest BCUT2D eigenvalue weighted by molar-refractivity contribution is 5.86. The van der Waals surface area contributed by atoms with Crippen molar-refractivity contribution in [3.05, 3.63) is 35.9 Å². The van der Waals surface area contributed by atoms with Crippen LogP contribution in [-0.4, -0.2) is 35.7 Å². The van der Waals surface area contributed by atoms with E-state index in [-0.39, 0.29) is 30.3 Å². The molecule has 2 heterocycles. The molecule has 0 radical (unpaired) electrons. The average molecular weight is 260 g/mol. The molecule has 1 aromatic carbocycles. The third-order valence-electron chi connectivity index (χ3n) is 4.15. The minimum absolute atomic E-state index is 0.0619. The Kier molecular flexibility index (Phi) is 3.29. The minimum atomic E-state index is -0.219. The molecule has 4 heteroatoms. The summed E-state index contributed by atoms with van der Waals surface area (Å²) in [7, 11) is 0. The van der Waals surface area contributed by atoms with Crippen LogP contribution in [0.25, 0.3) is 0 Å². The van der Waals surface area contributed by atoms with Crippen molar-refractivity contribution in [3.63, 3.8) is 0 Å². The molecule has 1 aromatic rings. The van der Waals surface area contributed by atoms with Gasteiger partial charge in [0.2, 0.25) is 5.91 Å². The fraction of sp³-hybridized carbons (Fsp3) is 0.533. The van der Waals surface area contributed by atoms with Gasteiger partial charge >= 0.3 is 0 Å². The summed E-state index contributed by atoms with van der Waals surface area (Å²) >= 11 is 0. The summed E-state index contributed by atoms with van der Waals surface area (Å²) in [6.07, 6.45) is 1.12. The normalized spacial score (nSPS) is 35.1. The van der Waals surface area contributed by atoms with E-state index < -0.39 is 0 Å². The van der Waals surface area contributed by atoms with E-state index in [9.17, 15) is 4.79 Å². The SMILES string of the molecule is CC1OCCC1N1C(=O)C(c2ccccc2)NC1C. The van der Waals surface area contributed by atoms with Gasteiger partial charge in [-0.05, 0) is 25.8 Å². The molecular weight excluding hydrogens is 240 g/mol. The lowest BCUT2D eigenvalue weighted by molar-refractivity contribution is -0.133. The maximum absolute atomic E-state index is 12.7. The van der Waals surface area contributed by atoms with Crippen molar-refractivity contribution in [1.29, 1.82) is 0 Å². The smallest absolute Gasteiger partial charge is 0.245 e. The van der Waals surface area contributed by atoms with Crippen LogP contribution in [0.1, 0.15) is 31.9 Å². The van der Waals surface area contributed by atoms with Gasteiger partial charge in [-0.25, -0.2) is 0 Å². The van der Waals surface area contributed by atoms with Crippen molar-refractivity contribution in [3.8, 4) is 0 Å². The summed E-state index contributed by atoms with van der Waals surface area (Å²) in [4.78, 5) is 14.6. The van der Waals surface area contributed by atoms with Crippen molar-refractivity contribution < 1.29 is 9.53 Å². The zero-order valence-electron chi connectivity index (χ0n) is 11.4. The van der Waals surface area contributed by atoms with Gasteiger partial charge in [-0.3, -0.25) is 10.1 Å². The van der Waals surface area contributed by atoms with Crippen LogP contribution in [0, 0.1) is 0 Å². The predicted octanol–water partition coefficient (Wildman–Crippen LogP) is 1.68. The van der Waals surface area contributed by atoms with Crippen molar-refractivity contribution in [1.82, 2.24) is 10.2 Å². The first-order chi connectivity index (χ1) is 9.18. The molecule has 0 saturated carbocycles. The maximum atomic E-state index is 12.7. The highest BCUT2D eigenvalue weighted by Gasteiger charge is 2.44. The largest absolute Gasteiger partial charge is 0.376 e. The number of nitrogens with one attached hydrogen (secondary N) is 1. The zero-order valence-corrected chi connectivity index (χ0v) is 11.4. The van der Waals surface area contributed by atoms with E-state index in [0.29, 0.717) is 0 Å². The van der Waals surface area contributed by atoms with Crippen LogP contribution >= 0.6 is 0 Å². The van der Waals surface area contributed by atoms with Crippen LogP contribution < -0.4 is 5.32 Å². The Balaban J connectivity index is 1.83. The van der Waals surface area contributed by atoms with Gasteiger partial charge in [-0.2, -0.15) is 0 Å². The van der Waals surface area contributed by atoms with Gasteiger partial charge in [0, 0.05) is 6.61 Å². The van der Waals surface area contributed by atoms with Crippen molar-refractivity contribution in [2.24, 2.45) is 0 Å². The van der Waals surface area contributed by atoms with Gasteiger partial charge in [0.25, 0.3) is 0 Å². The first-order valence-electron chi connectivity index (χ1n) is 6.93. The fourth-order valence-electron chi connectivity index (χ4n) is 3.15. The van der Waals surface area contributed by atoms with Crippen molar-refractivity contribution in [2.45, 2.75) is 44.6 Å². The summed E-state index contributed by atoms with van der Waals surface area (Å²) in [6, 6.07) is 9.89. The number of carbonyl (C=O) groups is 1. The number of carbonyl (C=O) groups excluding carboxylic acids is 1. The molecule has 4 nitrogen and oxygen atoms in total. The molecule has 102 valence electrons. The molecule has 0 spiro atoms. The molecule has 4 unspecified atom stereocenters. The Morgan fingerprint density at radius 1 is 1.26 bits per heavy atom. The lowest BCUT2D eigenvalue weighted by Gasteiger charge is -2.29. The summed E-state index contributed by atoms with van der Waals surface area (Å²) in [5.41, 5.74) is 1.04. The van der Waals surface area contributed by atoms with Crippen molar-refractivity contribution in [2.75, 3.05) is 6.61 Å². The van der Waals surface area contributed by atoms with Crippen LogP contribution in [0.4, 0.5) is 0 Å². The van der Waals surface area contributed by atoms with Gasteiger partial charge in [-0.15, -0.1) is 0 Å². The zero-order chi connectivity index (χ0) is 13.4. The van der Waals surface area contributed by atoms with E-state index >= 15 is 0 Å². The van der Waals surface area contributed by atoms with Gasteiger partial charge < -0.3 is 9.64 Å². The molecule has 3 rings (SSSR count). The Morgan fingerprint density at radius 3 is 2.63 bits per heavy atom. The first-order valence-corrected chi connectivity index (χ1v) is 6.93. The molecule has 19 heavy (non-hydrogen) atoms. The molecule has 2 aliphatic rings. The highest BCUT2D eigenvalue weighted by atomic mass is 16.5. The maximum Gasteiger partial charge on any atom is 0.245 e. The molecule has 2 fully saturated rings. The molecular formula is C15H20N2O2. The molecule has 0 aliphatic carbocycles. The average Bonchev–Trinajstić information content (AvgIpc) is 2.95. The number of rotatable bonds is 2. The quantitative estimate of drug-likeness (QED) is 0.879. The summed E-state index contributed by atoms with van der Waals surface area (Å²) < 4.78 is 5.59. The summed E-state index contributed by atoms with van der Waals surface area (Å²) in [5, 5.41) is 3.39. The number of hydrogen-bond acceptors (Lipinski definition) is 3. The predicted molar refractivity (Wildman–Crippen MR) is 72.4 cm³/mol. The van der Waals surface area contributed by atoms with E-state index in [4.69, 9.17) is 4.74 Å². The minimum Gasteiger partial charge on any atom is -0.376 e. The number of nitrogens with zero attached hydrogens (tertiary/aromatic N) is 1. The monoisotopic (exact) mass is 260 g/mol. The molecule has 0 aromatic heterocycles. The molecule has 4 atom stereocenters. The second-order valence-corrected chi connectivity index (χ2v) is 5.36. The van der Waals surface area contributed by atoms with Crippen LogP contribution in [0.2, 0.25) is 0 Å². The Bertz CT molecular complexity index is 462. The molecule has 1 amide bonds. The molecule has 2 aliphatic heterocycles. The second-order valence-electron chi connectivity index (χ2n) is 5.36. The second kappa shape index (κ2) is 4.94. The number of hydrogen-bond donors (Lipinski definition) is 1. The fourth-order valence-corrected chi connectivity index (χ4v) is 3.15. The number of amides is 1. The summed E-state index contributed by atoms with van der Waals surface area (Å²) in [6.45, 7) is 4.84.